The van der Waals surface area contributed by atoms with Crippen LogP contribution in [0.2, 0.25) is 0 Å². The molecule has 0 unspecified atom stereocenters. The SMILES string of the molecule is C.[2H]C([2H])([2H])N(c1ccc2c(C)n(C)nc2c1)c1ccnc(Nc2ccc(C)c(S(N)(=O)=O)c2)n1. The minimum Gasteiger partial charge on any atom is -0.329 e. The maximum atomic E-state index is 11.8. The van der Waals surface area contributed by atoms with Crippen molar-refractivity contribution in [2.45, 2.75) is 26.2 Å². The van der Waals surface area contributed by atoms with Crippen molar-refractivity contribution in [3.63, 3.8) is 0 Å². The predicted molar refractivity (Wildman–Crippen MR) is 128 cm³/mol. The molecular formula is C22H27N7O2S. The van der Waals surface area contributed by atoms with E-state index in [1.54, 1.807) is 35.9 Å². The summed E-state index contributed by atoms with van der Waals surface area (Å²) in [7, 11) is -2.09. The lowest BCUT2D eigenvalue weighted by molar-refractivity contribution is 0.597. The van der Waals surface area contributed by atoms with E-state index in [1.165, 1.54) is 18.3 Å². The Morgan fingerprint density at radius 1 is 1.16 bits per heavy atom. The molecule has 4 rings (SSSR count). The molecule has 2 aromatic carbocycles. The zero-order chi connectivity index (χ0) is 24.8. The van der Waals surface area contributed by atoms with Crippen LogP contribution >= 0.6 is 0 Å². The maximum Gasteiger partial charge on any atom is 0.238 e. The highest BCUT2D eigenvalue weighted by atomic mass is 32.2. The van der Waals surface area contributed by atoms with Crippen molar-refractivity contribution >= 4 is 44.1 Å². The van der Waals surface area contributed by atoms with Gasteiger partial charge >= 0.3 is 0 Å². The number of nitrogens with one attached hydrogen (secondary N) is 1. The number of nitrogens with zero attached hydrogens (tertiary/aromatic N) is 5. The monoisotopic (exact) mass is 456 g/mol. The smallest absolute Gasteiger partial charge is 0.238 e. The van der Waals surface area contributed by atoms with Crippen molar-refractivity contribution in [2.24, 2.45) is 12.2 Å². The van der Waals surface area contributed by atoms with Gasteiger partial charge in [0.1, 0.15) is 5.82 Å². The molecule has 0 saturated carbocycles. The first kappa shape index (κ1) is 19.2. The van der Waals surface area contributed by atoms with Gasteiger partial charge in [0.25, 0.3) is 0 Å². The van der Waals surface area contributed by atoms with Crippen molar-refractivity contribution in [1.29, 1.82) is 0 Å². The van der Waals surface area contributed by atoms with Crippen LogP contribution < -0.4 is 15.4 Å². The number of nitrogens with two attached hydrogens (primary N) is 1. The first-order chi connectivity index (χ1) is 15.8. The van der Waals surface area contributed by atoms with E-state index in [0.717, 1.165) is 16.0 Å². The van der Waals surface area contributed by atoms with Crippen molar-refractivity contribution < 1.29 is 12.5 Å². The van der Waals surface area contributed by atoms with Gasteiger partial charge in [0.05, 0.1) is 10.4 Å². The Morgan fingerprint density at radius 3 is 2.66 bits per heavy atom. The first-order valence-corrected chi connectivity index (χ1v) is 10.9. The van der Waals surface area contributed by atoms with Gasteiger partial charge < -0.3 is 10.2 Å². The number of sulfonamides is 1. The molecule has 0 radical (unpaired) electrons. The van der Waals surface area contributed by atoms with E-state index in [0.29, 0.717) is 22.5 Å². The van der Waals surface area contributed by atoms with Crippen molar-refractivity contribution in [3.05, 3.63) is 59.9 Å². The normalized spacial score (nSPS) is 13.1. The minimum atomic E-state index is -3.92. The van der Waals surface area contributed by atoms with Crippen LogP contribution in [0.3, 0.4) is 0 Å². The zero-order valence-electron chi connectivity index (χ0n) is 20.2. The number of aromatic nitrogens is 4. The van der Waals surface area contributed by atoms with Gasteiger partial charge in [-0.2, -0.15) is 10.1 Å². The van der Waals surface area contributed by atoms with Crippen LogP contribution in [0, 0.1) is 13.8 Å². The zero-order valence-corrected chi connectivity index (χ0v) is 18.0. The molecule has 32 heavy (non-hydrogen) atoms. The van der Waals surface area contributed by atoms with Crippen LogP contribution in [-0.2, 0) is 17.1 Å². The van der Waals surface area contributed by atoms with E-state index >= 15 is 0 Å². The van der Waals surface area contributed by atoms with Crippen LogP contribution in [-0.4, -0.2) is 35.1 Å². The third-order valence-electron chi connectivity index (χ3n) is 4.99. The molecular weight excluding hydrogens is 426 g/mol. The van der Waals surface area contributed by atoms with Gasteiger partial charge in [-0.3, -0.25) is 4.68 Å². The summed E-state index contributed by atoms with van der Waals surface area (Å²) >= 11 is 0. The molecule has 0 saturated heterocycles. The molecule has 0 amide bonds. The first-order valence-electron chi connectivity index (χ1n) is 10.8. The molecule has 0 aliphatic carbocycles. The molecule has 2 aromatic heterocycles. The Balaban J connectivity index is 0.00000342. The highest BCUT2D eigenvalue weighted by molar-refractivity contribution is 7.89. The molecule has 0 aliphatic heterocycles. The summed E-state index contributed by atoms with van der Waals surface area (Å²) in [6.07, 6.45) is 1.42. The Morgan fingerprint density at radius 2 is 1.94 bits per heavy atom. The lowest BCUT2D eigenvalue weighted by Crippen LogP contribution is -2.14. The lowest BCUT2D eigenvalue weighted by Gasteiger charge is -2.19. The molecule has 9 nitrogen and oxygen atoms in total. The Hall–Kier alpha value is -3.50. The number of primary sulfonamides is 1. The van der Waals surface area contributed by atoms with Crippen molar-refractivity contribution in [2.75, 3.05) is 17.2 Å². The fourth-order valence-electron chi connectivity index (χ4n) is 3.24. The quantitative estimate of drug-likeness (QED) is 0.469. The van der Waals surface area contributed by atoms with E-state index in [4.69, 9.17) is 9.25 Å². The van der Waals surface area contributed by atoms with Crippen LogP contribution in [0.15, 0.2) is 53.6 Å². The van der Waals surface area contributed by atoms with E-state index < -0.39 is 17.0 Å². The molecule has 2 heterocycles. The summed E-state index contributed by atoms with van der Waals surface area (Å²) < 4.78 is 49.7. The lowest BCUT2D eigenvalue weighted by atomic mass is 10.2. The van der Waals surface area contributed by atoms with Gasteiger partial charge in [-0.15, -0.1) is 0 Å². The molecule has 0 atom stereocenters. The van der Waals surface area contributed by atoms with Gasteiger partial charge in [0.15, 0.2) is 0 Å². The Kier molecular flexibility index (Phi) is 5.14. The summed E-state index contributed by atoms with van der Waals surface area (Å²) in [6.45, 7) is 1.02. The number of hydrogen-bond acceptors (Lipinski definition) is 7. The molecule has 168 valence electrons. The second-order valence-corrected chi connectivity index (χ2v) is 8.66. The van der Waals surface area contributed by atoms with Crippen LogP contribution in [0.1, 0.15) is 22.8 Å². The van der Waals surface area contributed by atoms with E-state index in [-0.39, 0.29) is 24.1 Å². The highest BCUT2D eigenvalue weighted by Crippen LogP contribution is 2.28. The van der Waals surface area contributed by atoms with Gasteiger partial charge in [-0.05, 0) is 55.8 Å². The third kappa shape index (κ3) is 4.41. The van der Waals surface area contributed by atoms with E-state index in [2.05, 4.69) is 20.4 Å². The van der Waals surface area contributed by atoms with Gasteiger partial charge in [0.2, 0.25) is 16.0 Å². The molecule has 0 fully saturated rings. The summed E-state index contributed by atoms with van der Waals surface area (Å²) in [4.78, 5) is 9.60. The topological polar surface area (TPSA) is 119 Å². The van der Waals surface area contributed by atoms with Gasteiger partial charge in [0, 0.05) is 46.8 Å². The number of benzene rings is 2. The number of fused-ring (bicyclic) bond motifs is 1. The highest BCUT2D eigenvalue weighted by Gasteiger charge is 2.14. The second kappa shape index (κ2) is 8.56. The average Bonchev–Trinajstić information content (AvgIpc) is 3.01. The fourth-order valence-corrected chi connectivity index (χ4v) is 4.05. The number of hydrogen-bond donors (Lipinski definition) is 2. The third-order valence-corrected chi connectivity index (χ3v) is 6.05. The number of rotatable bonds is 5. The summed E-state index contributed by atoms with van der Waals surface area (Å²) in [5.41, 5.74) is 2.90. The largest absolute Gasteiger partial charge is 0.329 e. The fraction of sp³-hybridized carbons (Fsp3) is 0.227. The van der Waals surface area contributed by atoms with E-state index in [9.17, 15) is 8.42 Å². The van der Waals surface area contributed by atoms with Crippen LogP contribution in [0.25, 0.3) is 10.9 Å². The molecule has 4 aromatic rings. The predicted octanol–water partition coefficient (Wildman–Crippen LogP) is 3.78. The maximum absolute atomic E-state index is 11.8. The second-order valence-electron chi connectivity index (χ2n) is 7.13. The van der Waals surface area contributed by atoms with Crippen molar-refractivity contribution in [3.8, 4) is 0 Å². The summed E-state index contributed by atoms with van der Waals surface area (Å²) in [6, 6.07) is 11.3. The molecule has 0 aliphatic rings. The molecule has 0 bridgehead atoms. The number of anilines is 4. The average molecular weight is 457 g/mol. The molecule has 3 N–H and O–H groups in total. The van der Waals surface area contributed by atoms with Crippen LogP contribution in [0.5, 0.6) is 0 Å². The summed E-state index contributed by atoms with van der Waals surface area (Å²) in [5.74, 6) is 0.217. The van der Waals surface area contributed by atoms with E-state index in [1.807, 2.05) is 20.0 Å². The standard InChI is InChI=1S/C21H23N7O2S.CH4/c1-13-5-6-15(11-19(13)31(22,29)30)24-21-23-10-9-20(25-21)27(3)16-7-8-17-14(2)28(4)26-18(17)12-16;/h5-12H,1-4H3,(H2,22,29,30)(H,23,24,25);1H4/i3D3;. The molecule has 10 heteroatoms. The Bertz CT molecular complexity index is 1500. The summed E-state index contributed by atoms with van der Waals surface area (Å²) in [5, 5.41) is 13.6. The Labute approximate surface area is 192 Å². The van der Waals surface area contributed by atoms with Crippen molar-refractivity contribution in [1.82, 2.24) is 19.7 Å². The van der Waals surface area contributed by atoms with Gasteiger partial charge in [-0.1, -0.05) is 13.5 Å². The molecule has 0 spiro atoms. The van der Waals surface area contributed by atoms with Gasteiger partial charge in [-0.25, -0.2) is 18.5 Å². The van der Waals surface area contributed by atoms with Crippen LogP contribution in [0.4, 0.5) is 23.1 Å². The number of aryl methyl sites for hydroxylation is 3. The minimum absolute atomic E-state index is 0.